The summed E-state index contributed by atoms with van der Waals surface area (Å²) in [5, 5.41) is 9.23. The van der Waals surface area contributed by atoms with Crippen LogP contribution in [0, 0.1) is 0 Å². The molecule has 0 spiro atoms. The second-order valence-electron chi connectivity index (χ2n) is 4.58. The van der Waals surface area contributed by atoms with E-state index in [1.165, 1.54) is 12.8 Å². The maximum absolute atomic E-state index is 9.23. The topological polar surface area (TPSA) is 47.3 Å². The Morgan fingerprint density at radius 1 is 1.33 bits per heavy atom. The number of para-hydroxylation sites is 1. The number of aliphatic hydroxyl groups is 1. The molecule has 1 fully saturated rings. The van der Waals surface area contributed by atoms with Crippen LogP contribution in [-0.4, -0.2) is 14.7 Å². The van der Waals surface area contributed by atoms with Gasteiger partial charge in [0.05, 0.1) is 24.8 Å². The van der Waals surface area contributed by atoms with Gasteiger partial charge in [0.1, 0.15) is 12.4 Å². The molecule has 4 nitrogen and oxygen atoms in total. The van der Waals surface area contributed by atoms with Crippen molar-refractivity contribution < 1.29 is 9.84 Å². The van der Waals surface area contributed by atoms with Gasteiger partial charge in [-0.3, -0.25) is 0 Å². The quantitative estimate of drug-likeness (QED) is 0.877. The van der Waals surface area contributed by atoms with Crippen LogP contribution in [0.3, 0.4) is 0 Å². The molecule has 1 N–H and O–H groups in total. The summed E-state index contributed by atoms with van der Waals surface area (Å²) in [5.41, 5.74) is 1.90. The first-order chi connectivity index (χ1) is 8.88. The second kappa shape index (κ2) is 4.82. The lowest BCUT2D eigenvalue weighted by Crippen LogP contribution is -2.04. The Morgan fingerprint density at radius 2 is 2.17 bits per heavy atom. The smallest absolute Gasteiger partial charge is 0.130 e. The Labute approximate surface area is 106 Å². The van der Waals surface area contributed by atoms with Crippen LogP contribution in [-0.2, 0) is 13.2 Å². The molecule has 0 radical (unpaired) electrons. The lowest BCUT2D eigenvalue weighted by molar-refractivity contribution is 0.255. The highest BCUT2D eigenvalue weighted by atomic mass is 16.5. The molecule has 1 aliphatic carbocycles. The number of ether oxygens (including phenoxy) is 1. The van der Waals surface area contributed by atoms with Gasteiger partial charge in [0, 0.05) is 11.6 Å². The summed E-state index contributed by atoms with van der Waals surface area (Å²) in [6.07, 6.45) is 6.18. The molecule has 0 amide bonds. The molecular weight excluding hydrogens is 228 g/mol. The fraction of sp³-hybridized carbons (Fsp3) is 0.357. The van der Waals surface area contributed by atoms with Crippen LogP contribution in [0.5, 0.6) is 5.75 Å². The number of imidazole rings is 1. The highest BCUT2D eigenvalue weighted by molar-refractivity contribution is 5.32. The Balaban J connectivity index is 1.71. The largest absolute Gasteiger partial charge is 0.487 e. The van der Waals surface area contributed by atoms with E-state index in [0.717, 1.165) is 17.0 Å². The molecule has 3 rings (SSSR count). The van der Waals surface area contributed by atoms with Gasteiger partial charge in [-0.1, -0.05) is 18.2 Å². The molecule has 0 saturated heterocycles. The molecule has 94 valence electrons. The number of aliphatic hydroxyl groups excluding tert-OH is 1. The predicted octanol–water partition coefficient (Wildman–Crippen LogP) is 2.29. The third-order valence-electron chi connectivity index (χ3n) is 3.21. The normalized spacial score (nSPS) is 14.7. The van der Waals surface area contributed by atoms with Gasteiger partial charge < -0.3 is 14.4 Å². The Morgan fingerprint density at radius 3 is 2.94 bits per heavy atom. The van der Waals surface area contributed by atoms with Crippen LogP contribution in [0.2, 0.25) is 0 Å². The standard InChI is InChI=1S/C14H16N2O2/c17-8-11-3-1-2-4-14(11)18-9-13-7-15-10-16(13)12-5-6-12/h1-4,7,10,12,17H,5-6,8-9H2. The summed E-state index contributed by atoms with van der Waals surface area (Å²) >= 11 is 0. The lowest BCUT2D eigenvalue weighted by Gasteiger charge is -2.11. The molecule has 1 saturated carbocycles. The van der Waals surface area contributed by atoms with E-state index in [1.54, 1.807) is 0 Å². The van der Waals surface area contributed by atoms with Crippen molar-refractivity contribution >= 4 is 0 Å². The van der Waals surface area contributed by atoms with Crippen LogP contribution in [0.1, 0.15) is 30.1 Å². The summed E-state index contributed by atoms with van der Waals surface area (Å²) in [4.78, 5) is 4.17. The van der Waals surface area contributed by atoms with E-state index in [-0.39, 0.29) is 6.61 Å². The van der Waals surface area contributed by atoms with Gasteiger partial charge in [-0.15, -0.1) is 0 Å². The van der Waals surface area contributed by atoms with Gasteiger partial charge in [-0.2, -0.15) is 0 Å². The minimum atomic E-state index is -0.00192. The monoisotopic (exact) mass is 244 g/mol. The average molecular weight is 244 g/mol. The van der Waals surface area contributed by atoms with E-state index in [9.17, 15) is 5.11 Å². The minimum absolute atomic E-state index is 0.00192. The average Bonchev–Trinajstić information content (AvgIpc) is 3.16. The van der Waals surface area contributed by atoms with Crippen molar-refractivity contribution in [3.8, 4) is 5.75 Å². The van der Waals surface area contributed by atoms with Gasteiger partial charge in [-0.05, 0) is 18.9 Å². The second-order valence-corrected chi connectivity index (χ2v) is 4.58. The van der Waals surface area contributed by atoms with Crippen molar-refractivity contribution in [1.82, 2.24) is 9.55 Å². The van der Waals surface area contributed by atoms with Crippen molar-refractivity contribution in [2.24, 2.45) is 0 Å². The third kappa shape index (κ3) is 2.24. The van der Waals surface area contributed by atoms with E-state index in [2.05, 4.69) is 9.55 Å². The van der Waals surface area contributed by atoms with Crippen LogP contribution >= 0.6 is 0 Å². The number of benzene rings is 1. The van der Waals surface area contributed by atoms with Crippen LogP contribution in [0.15, 0.2) is 36.8 Å². The van der Waals surface area contributed by atoms with Gasteiger partial charge in [0.25, 0.3) is 0 Å². The molecular formula is C14H16N2O2. The van der Waals surface area contributed by atoms with E-state index >= 15 is 0 Å². The number of hydrogen-bond acceptors (Lipinski definition) is 3. The van der Waals surface area contributed by atoms with Crippen molar-refractivity contribution in [2.75, 3.05) is 0 Å². The number of nitrogens with zero attached hydrogens (tertiary/aromatic N) is 2. The summed E-state index contributed by atoms with van der Waals surface area (Å²) in [6.45, 7) is 0.492. The first-order valence-corrected chi connectivity index (χ1v) is 6.21. The SMILES string of the molecule is OCc1ccccc1OCc1cncn1C1CC1. The van der Waals surface area contributed by atoms with Gasteiger partial charge in [-0.25, -0.2) is 4.98 Å². The van der Waals surface area contributed by atoms with Crippen molar-refractivity contribution in [2.45, 2.75) is 32.1 Å². The Bertz CT molecular complexity index is 532. The van der Waals surface area contributed by atoms with Gasteiger partial charge in [0.2, 0.25) is 0 Å². The zero-order valence-electron chi connectivity index (χ0n) is 10.1. The summed E-state index contributed by atoms with van der Waals surface area (Å²) in [5.74, 6) is 0.739. The van der Waals surface area contributed by atoms with Gasteiger partial charge in [0.15, 0.2) is 0 Å². The third-order valence-corrected chi connectivity index (χ3v) is 3.21. The first-order valence-electron chi connectivity index (χ1n) is 6.21. The molecule has 1 aromatic heterocycles. The molecule has 0 atom stereocenters. The van der Waals surface area contributed by atoms with Crippen molar-refractivity contribution in [3.05, 3.63) is 48.0 Å². The maximum Gasteiger partial charge on any atom is 0.130 e. The molecule has 1 aliphatic rings. The summed E-state index contributed by atoms with van der Waals surface area (Å²) in [7, 11) is 0. The summed E-state index contributed by atoms with van der Waals surface area (Å²) < 4.78 is 7.95. The fourth-order valence-corrected chi connectivity index (χ4v) is 2.05. The summed E-state index contributed by atoms with van der Waals surface area (Å²) in [6, 6.07) is 8.16. The van der Waals surface area contributed by atoms with Crippen LogP contribution in [0.4, 0.5) is 0 Å². The molecule has 1 heterocycles. The van der Waals surface area contributed by atoms with Gasteiger partial charge >= 0.3 is 0 Å². The van der Waals surface area contributed by atoms with Crippen molar-refractivity contribution in [1.29, 1.82) is 0 Å². The molecule has 0 unspecified atom stereocenters. The molecule has 2 aromatic rings. The number of hydrogen-bond donors (Lipinski definition) is 1. The first kappa shape index (κ1) is 11.3. The highest BCUT2D eigenvalue weighted by Crippen LogP contribution is 2.35. The van der Waals surface area contributed by atoms with E-state index in [1.807, 2.05) is 36.8 Å². The molecule has 4 heteroatoms. The fourth-order valence-electron chi connectivity index (χ4n) is 2.05. The Hall–Kier alpha value is -1.81. The molecule has 18 heavy (non-hydrogen) atoms. The highest BCUT2D eigenvalue weighted by Gasteiger charge is 2.25. The maximum atomic E-state index is 9.23. The van der Waals surface area contributed by atoms with E-state index < -0.39 is 0 Å². The van der Waals surface area contributed by atoms with Crippen LogP contribution < -0.4 is 4.74 Å². The molecule has 1 aromatic carbocycles. The molecule has 0 aliphatic heterocycles. The Kier molecular flexibility index (Phi) is 3.02. The number of aromatic nitrogens is 2. The lowest BCUT2D eigenvalue weighted by atomic mass is 10.2. The molecule has 0 bridgehead atoms. The zero-order valence-corrected chi connectivity index (χ0v) is 10.1. The minimum Gasteiger partial charge on any atom is -0.487 e. The van der Waals surface area contributed by atoms with Crippen molar-refractivity contribution in [3.63, 3.8) is 0 Å². The predicted molar refractivity (Wildman–Crippen MR) is 67.2 cm³/mol. The van der Waals surface area contributed by atoms with Crippen LogP contribution in [0.25, 0.3) is 0 Å². The number of rotatable bonds is 5. The van der Waals surface area contributed by atoms with E-state index in [0.29, 0.717) is 12.6 Å². The zero-order chi connectivity index (χ0) is 12.4. The van der Waals surface area contributed by atoms with E-state index in [4.69, 9.17) is 4.74 Å².